The van der Waals surface area contributed by atoms with Gasteiger partial charge in [-0.05, 0) is 33.5 Å². The van der Waals surface area contributed by atoms with Crippen LogP contribution in [0.15, 0.2) is 16.7 Å². The largest absolute Gasteiger partial charge is 0.244 e. The van der Waals surface area contributed by atoms with Crippen molar-refractivity contribution in [3.8, 4) is 6.07 Å². The van der Waals surface area contributed by atoms with E-state index in [1.165, 1.54) is 0 Å². The first-order chi connectivity index (χ1) is 5.66. The molecule has 1 heterocycles. The maximum absolute atomic E-state index is 8.68. The minimum Gasteiger partial charge on any atom is -0.244 e. The van der Waals surface area contributed by atoms with E-state index in [1.54, 1.807) is 6.20 Å². The highest BCUT2D eigenvalue weighted by atomic mass is 79.9. The Morgan fingerprint density at radius 3 is 2.75 bits per heavy atom. The van der Waals surface area contributed by atoms with Crippen LogP contribution in [0, 0.1) is 11.3 Å². The lowest BCUT2D eigenvalue weighted by Gasteiger charge is -2.07. The van der Waals surface area contributed by atoms with Crippen LogP contribution in [0.2, 0.25) is 0 Å². The average molecular weight is 225 g/mol. The molecule has 0 fully saturated rings. The summed E-state index contributed by atoms with van der Waals surface area (Å²) in [7, 11) is 0. The first-order valence-electron chi connectivity index (χ1n) is 3.71. The molecule has 0 radical (unpaired) electrons. The molecule has 1 aromatic rings. The zero-order chi connectivity index (χ0) is 9.14. The lowest BCUT2D eigenvalue weighted by molar-refractivity contribution is 0.854. The summed E-state index contributed by atoms with van der Waals surface area (Å²) >= 11 is 3.36. The van der Waals surface area contributed by atoms with Crippen molar-refractivity contribution in [2.24, 2.45) is 0 Å². The topological polar surface area (TPSA) is 36.7 Å². The smallest absolute Gasteiger partial charge is 0.154 e. The molecule has 0 atom stereocenters. The van der Waals surface area contributed by atoms with Gasteiger partial charge in [0.25, 0.3) is 0 Å². The Kier molecular flexibility index (Phi) is 2.83. The van der Waals surface area contributed by atoms with Gasteiger partial charge in [-0.3, -0.25) is 0 Å². The van der Waals surface area contributed by atoms with Gasteiger partial charge in [0.05, 0.1) is 4.47 Å². The maximum Gasteiger partial charge on any atom is 0.154 e. The highest BCUT2D eigenvalue weighted by Crippen LogP contribution is 2.25. The molecule has 1 rings (SSSR count). The van der Waals surface area contributed by atoms with E-state index in [-0.39, 0.29) is 0 Å². The van der Waals surface area contributed by atoms with Gasteiger partial charge in [0.2, 0.25) is 0 Å². The van der Waals surface area contributed by atoms with E-state index in [0.717, 1.165) is 10.0 Å². The zero-order valence-electron chi connectivity index (χ0n) is 7.00. The lowest BCUT2D eigenvalue weighted by atomic mass is 10.0. The molecule has 2 nitrogen and oxygen atoms in total. The Morgan fingerprint density at radius 1 is 1.58 bits per heavy atom. The summed E-state index contributed by atoms with van der Waals surface area (Å²) in [5, 5.41) is 8.68. The van der Waals surface area contributed by atoms with E-state index in [0.29, 0.717) is 11.6 Å². The van der Waals surface area contributed by atoms with E-state index < -0.39 is 0 Å². The molecule has 0 aliphatic heterocycles. The second-order valence-electron chi connectivity index (χ2n) is 2.83. The van der Waals surface area contributed by atoms with Gasteiger partial charge >= 0.3 is 0 Å². The third-order valence-corrected chi connectivity index (χ3v) is 2.48. The summed E-state index contributed by atoms with van der Waals surface area (Å²) in [5.74, 6) is 0.412. The molecule has 0 unspecified atom stereocenters. The number of halogens is 1. The van der Waals surface area contributed by atoms with E-state index in [9.17, 15) is 0 Å². The zero-order valence-corrected chi connectivity index (χ0v) is 8.59. The van der Waals surface area contributed by atoms with Gasteiger partial charge in [-0.15, -0.1) is 0 Å². The summed E-state index contributed by atoms with van der Waals surface area (Å²) in [6.07, 6.45) is 1.67. The summed E-state index contributed by atoms with van der Waals surface area (Å²) < 4.78 is 0.822. The first-order valence-corrected chi connectivity index (χ1v) is 4.50. The van der Waals surface area contributed by atoms with Crippen molar-refractivity contribution in [2.45, 2.75) is 19.8 Å². The number of rotatable bonds is 1. The second-order valence-corrected chi connectivity index (χ2v) is 3.62. The van der Waals surface area contributed by atoms with Crippen molar-refractivity contribution in [1.29, 1.82) is 5.26 Å². The highest BCUT2D eigenvalue weighted by molar-refractivity contribution is 9.10. The average Bonchev–Trinajstić information content (AvgIpc) is 2.04. The Balaban J connectivity index is 3.25. The molecular weight excluding hydrogens is 216 g/mol. The molecule has 0 aromatic carbocycles. The predicted octanol–water partition coefficient (Wildman–Crippen LogP) is 2.84. The summed E-state index contributed by atoms with van der Waals surface area (Å²) in [6, 6.07) is 3.96. The molecule has 0 saturated carbocycles. The molecule has 1 aromatic heterocycles. The number of nitrogens with zero attached hydrogens (tertiary/aromatic N) is 2. The van der Waals surface area contributed by atoms with Gasteiger partial charge < -0.3 is 0 Å². The molecule has 12 heavy (non-hydrogen) atoms. The number of hydrogen-bond acceptors (Lipinski definition) is 2. The Bertz CT molecular complexity index is 326. The van der Waals surface area contributed by atoms with Crippen LogP contribution in [0.5, 0.6) is 0 Å². The van der Waals surface area contributed by atoms with E-state index >= 15 is 0 Å². The fourth-order valence-corrected chi connectivity index (χ4v) is 1.76. The van der Waals surface area contributed by atoms with Crippen LogP contribution >= 0.6 is 15.9 Å². The molecule has 0 spiro atoms. The number of aromatic nitrogens is 1. The van der Waals surface area contributed by atoms with Crippen molar-refractivity contribution in [3.05, 3.63) is 28.0 Å². The molecule has 3 heteroatoms. The Hall–Kier alpha value is -0.880. The molecule has 0 N–H and O–H groups in total. The van der Waals surface area contributed by atoms with Crippen LogP contribution in [-0.2, 0) is 0 Å². The molecule has 62 valence electrons. The molecule has 0 aliphatic carbocycles. The fraction of sp³-hybridized carbons (Fsp3) is 0.333. The number of nitriles is 1. The molecule has 0 bridgehead atoms. The summed E-state index contributed by atoms with van der Waals surface area (Å²) in [5.41, 5.74) is 1.59. The molecule has 0 saturated heterocycles. The minimum absolute atomic E-state index is 0.412. The van der Waals surface area contributed by atoms with Crippen LogP contribution in [0.1, 0.15) is 31.0 Å². The van der Waals surface area contributed by atoms with Crippen LogP contribution in [0.25, 0.3) is 0 Å². The van der Waals surface area contributed by atoms with Crippen molar-refractivity contribution in [1.82, 2.24) is 4.98 Å². The Morgan fingerprint density at radius 2 is 2.25 bits per heavy atom. The van der Waals surface area contributed by atoms with E-state index in [2.05, 4.69) is 34.8 Å². The van der Waals surface area contributed by atoms with Crippen molar-refractivity contribution < 1.29 is 0 Å². The Labute approximate surface area is 80.4 Å². The van der Waals surface area contributed by atoms with E-state index in [1.807, 2.05) is 12.1 Å². The standard InChI is InChI=1S/C9H9BrN2/c1-6(2)7-3-4-12-8(5-11)9(7)10/h3-4,6H,1-2H3. The van der Waals surface area contributed by atoms with Gasteiger partial charge in [-0.25, -0.2) is 4.98 Å². The summed E-state index contributed by atoms with van der Waals surface area (Å²) in [4.78, 5) is 3.93. The van der Waals surface area contributed by atoms with Crippen LogP contribution in [0.4, 0.5) is 0 Å². The monoisotopic (exact) mass is 224 g/mol. The molecule has 0 aliphatic rings. The maximum atomic E-state index is 8.68. The van der Waals surface area contributed by atoms with Crippen molar-refractivity contribution >= 4 is 15.9 Å². The summed E-state index contributed by atoms with van der Waals surface area (Å²) in [6.45, 7) is 4.17. The predicted molar refractivity (Wildman–Crippen MR) is 50.7 cm³/mol. The van der Waals surface area contributed by atoms with Crippen LogP contribution in [-0.4, -0.2) is 4.98 Å². The van der Waals surface area contributed by atoms with Gasteiger partial charge in [0, 0.05) is 6.20 Å². The van der Waals surface area contributed by atoms with Crippen molar-refractivity contribution in [3.63, 3.8) is 0 Å². The normalized spacial score (nSPS) is 9.92. The molecular formula is C9H9BrN2. The third kappa shape index (κ3) is 1.64. The highest BCUT2D eigenvalue weighted by Gasteiger charge is 2.08. The van der Waals surface area contributed by atoms with Crippen molar-refractivity contribution in [2.75, 3.05) is 0 Å². The fourth-order valence-electron chi connectivity index (χ4n) is 0.983. The van der Waals surface area contributed by atoms with E-state index in [4.69, 9.17) is 5.26 Å². The first kappa shape index (κ1) is 9.21. The van der Waals surface area contributed by atoms with Gasteiger partial charge in [0.15, 0.2) is 5.69 Å². The number of pyridine rings is 1. The SMILES string of the molecule is CC(C)c1ccnc(C#N)c1Br. The van der Waals surface area contributed by atoms with Gasteiger partial charge in [-0.1, -0.05) is 13.8 Å². The number of hydrogen-bond donors (Lipinski definition) is 0. The van der Waals surface area contributed by atoms with Gasteiger partial charge in [-0.2, -0.15) is 5.26 Å². The third-order valence-electron chi connectivity index (χ3n) is 1.65. The lowest BCUT2D eigenvalue weighted by Crippen LogP contribution is -1.93. The van der Waals surface area contributed by atoms with Crippen LogP contribution < -0.4 is 0 Å². The minimum atomic E-state index is 0.412. The second kappa shape index (κ2) is 3.68. The van der Waals surface area contributed by atoms with Crippen LogP contribution in [0.3, 0.4) is 0 Å². The van der Waals surface area contributed by atoms with Gasteiger partial charge in [0.1, 0.15) is 6.07 Å². The quantitative estimate of drug-likeness (QED) is 0.736. The molecule has 0 amide bonds.